The quantitative estimate of drug-likeness (QED) is 0.731. The Hall–Kier alpha value is -1.77. The summed E-state index contributed by atoms with van der Waals surface area (Å²) in [4.78, 5) is 32.2. The van der Waals surface area contributed by atoms with Crippen molar-refractivity contribution in [2.75, 3.05) is 23.7 Å². The molecule has 2 N–H and O–H groups in total. The van der Waals surface area contributed by atoms with E-state index in [0.29, 0.717) is 18.2 Å². The number of aromatic nitrogens is 1. The highest BCUT2D eigenvalue weighted by atomic mass is 79.9. The van der Waals surface area contributed by atoms with Crippen molar-refractivity contribution < 1.29 is 9.59 Å². The largest absolute Gasteiger partial charge is 0.325 e. The van der Waals surface area contributed by atoms with Crippen LogP contribution < -0.4 is 10.6 Å². The Morgan fingerprint density at radius 1 is 1.22 bits per heavy atom. The van der Waals surface area contributed by atoms with Crippen LogP contribution in [-0.2, 0) is 22.6 Å². The lowest BCUT2D eigenvalue weighted by Crippen LogP contribution is -2.36. The third kappa shape index (κ3) is 4.56. The number of nitrogens with zero attached hydrogens (tertiary/aromatic N) is 2. The van der Waals surface area contributed by atoms with Gasteiger partial charge in [-0.1, -0.05) is 22.4 Å². The first-order valence-electron chi connectivity index (χ1n) is 9.14. The number of anilines is 2. The van der Waals surface area contributed by atoms with E-state index in [1.807, 2.05) is 24.3 Å². The van der Waals surface area contributed by atoms with Crippen LogP contribution in [-0.4, -0.2) is 34.8 Å². The van der Waals surface area contributed by atoms with Gasteiger partial charge in [-0.25, -0.2) is 4.98 Å². The van der Waals surface area contributed by atoms with Gasteiger partial charge in [0.15, 0.2) is 5.13 Å². The highest BCUT2D eigenvalue weighted by Crippen LogP contribution is 2.31. The molecule has 1 aliphatic carbocycles. The molecule has 142 valence electrons. The third-order valence-electron chi connectivity index (χ3n) is 5.01. The molecule has 1 aliphatic heterocycles. The van der Waals surface area contributed by atoms with E-state index < -0.39 is 0 Å². The van der Waals surface area contributed by atoms with Crippen LogP contribution in [0.25, 0.3) is 0 Å². The molecule has 6 nitrogen and oxygen atoms in total. The predicted octanol–water partition coefficient (Wildman–Crippen LogP) is 3.64. The Bertz CT molecular complexity index is 848. The molecule has 1 aromatic heterocycles. The number of hydrogen-bond donors (Lipinski definition) is 2. The molecule has 2 heterocycles. The van der Waals surface area contributed by atoms with Gasteiger partial charge in [-0.15, -0.1) is 11.3 Å². The van der Waals surface area contributed by atoms with Crippen LogP contribution in [0.3, 0.4) is 0 Å². The van der Waals surface area contributed by atoms with Crippen LogP contribution in [0.1, 0.15) is 29.8 Å². The van der Waals surface area contributed by atoms with Crippen LogP contribution >= 0.6 is 27.3 Å². The van der Waals surface area contributed by atoms with Gasteiger partial charge >= 0.3 is 0 Å². The molecule has 2 aromatic rings. The molecule has 2 amide bonds. The Kier molecular flexibility index (Phi) is 5.56. The number of rotatable bonds is 5. The minimum atomic E-state index is -0.0243. The molecule has 0 radical (unpaired) electrons. The molecule has 27 heavy (non-hydrogen) atoms. The molecule has 0 saturated heterocycles. The average molecular weight is 449 g/mol. The van der Waals surface area contributed by atoms with Gasteiger partial charge < -0.3 is 10.6 Å². The van der Waals surface area contributed by atoms with Crippen molar-refractivity contribution in [1.29, 1.82) is 0 Å². The summed E-state index contributed by atoms with van der Waals surface area (Å²) in [5, 5.41) is 6.58. The van der Waals surface area contributed by atoms with Gasteiger partial charge in [0.2, 0.25) is 11.8 Å². The van der Waals surface area contributed by atoms with Gasteiger partial charge in [0, 0.05) is 40.5 Å². The maximum Gasteiger partial charge on any atom is 0.238 e. The summed E-state index contributed by atoms with van der Waals surface area (Å²) < 4.78 is 0.981. The van der Waals surface area contributed by atoms with Crippen molar-refractivity contribution in [3.63, 3.8) is 0 Å². The molecule has 0 spiro atoms. The van der Waals surface area contributed by atoms with E-state index in [2.05, 4.69) is 36.4 Å². The lowest BCUT2D eigenvalue weighted by atomic mass is 9.85. The van der Waals surface area contributed by atoms with Crippen molar-refractivity contribution in [3.05, 3.63) is 39.3 Å². The second-order valence-electron chi connectivity index (χ2n) is 7.02. The van der Waals surface area contributed by atoms with Gasteiger partial charge in [-0.2, -0.15) is 0 Å². The summed E-state index contributed by atoms with van der Waals surface area (Å²) in [5.41, 5.74) is 1.84. The predicted molar refractivity (Wildman–Crippen MR) is 110 cm³/mol. The summed E-state index contributed by atoms with van der Waals surface area (Å²) in [7, 11) is 0. The number of thiazole rings is 1. The van der Waals surface area contributed by atoms with Gasteiger partial charge in [0.1, 0.15) is 0 Å². The minimum absolute atomic E-state index is 0.0243. The third-order valence-corrected chi connectivity index (χ3v) is 6.54. The smallest absolute Gasteiger partial charge is 0.238 e. The zero-order valence-corrected chi connectivity index (χ0v) is 17.2. The van der Waals surface area contributed by atoms with E-state index in [9.17, 15) is 9.59 Å². The molecule has 1 aromatic carbocycles. The number of carbonyl (C=O) groups excluding carboxylic acids is 2. The minimum Gasteiger partial charge on any atom is -0.325 e. The number of nitrogens with one attached hydrogen (secondary N) is 2. The SMILES string of the molecule is O=C(CN1CCc2nc(NC(=O)C3CCC3)sc2C1)Nc1ccc(Br)cc1. The molecule has 8 heteroatoms. The molecule has 1 fully saturated rings. The van der Waals surface area contributed by atoms with Crippen molar-refractivity contribution in [1.82, 2.24) is 9.88 Å². The van der Waals surface area contributed by atoms with E-state index in [0.717, 1.165) is 53.0 Å². The maximum absolute atomic E-state index is 12.3. The monoisotopic (exact) mass is 448 g/mol. The summed E-state index contributed by atoms with van der Waals surface area (Å²) >= 11 is 4.92. The first-order valence-corrected chi connectivity index (χ1v) is 10.7. The molecular weight excluding hydrogens is 428 g/mol. The van der Waals surface area contributed by atoms with Gasteiger partial charge in [-0.05, 0) is 37.1 Å². The Balaban J connectivity index is 1.31. The average Bonchev–Trinajstić information content (AvgIpc) is 2.96. The zero-order chi connectivity index (χ0) is 18.8. The van der Waals surface area contributed by atoms with Crippen LogP contribution in [0.5, 0.6) is 0 Å². The number of fused-ring (bicyclic) bond motifs is 1. The lowest BCUT2D eigenvalue weighted by Gasteiger charge is -2.25. The van der Waals surface area contributed by atoms with Crippen molar-refractivity contribution in [3.8, 4) is 0 Å². The number of halogens is 1. The summed E-state index contributed by atoms with van der Waals surface area (Å²) in [6.45, 7) is 1.83. The summed E-state index contributed by atoms with van der Waals surface area (Å²) in [5.74, 6) is 0.228. The highest BCUT2D eigenvalue weighted by molar-refractivity contribution is 9.10. The van der Waals surface area contributed by atoms with E-state index >= 15 is 0 Å². The van der Waals surface area contributed by atoms with E-state index in [4.69, 9.17) is 0 Å². The van der Waals surface area contributed by atoms with Crippen molar-refractivity contribution in [2.45, 2.75) is 32.2 Å². The Morgan fingerprint density at radius 2 is 2.00 bits per heavy atom. The highest BCUT2D eigenvalue weighted by Gasteiger charge is 2.27. The molecule has 0 atom stereocenters. The first-order chi connectivity index (χ1) is 13.1. The molecule has 0 unspecified atom stereocenters. The van der Waals surface area contributed by atoms with Crippen LogP contribution in [0.2, 0.25) is 0 Å². The van der Waals surface area contributed by atoms with E-state index in [1.165, 1.54) is 11.3 Å². The van der Waals surface area contributed by atoms with Crippen LogP contribution in [0, 0.1) is 5.92 Å². The van der Waals surface area contributed by atoms with Crippen LogP contribution in [0.15, 0.2) is 28.7 Å². The van der Waals surface area contributed by atoms with Gasteiger partial charge in [0.05, 0.1) is 12.2 Å². The van der Waals surface area contributed by atoms with E-state index in [1.54, 1.807) is 0 Å². The second-order valence-corrected chi connectivity index (χ2v) is 9.02. The number of benzene rings is 1. The van der Waals surface area contributed by atoms with Gasteiger partial charge in [0.25, 0.3) is 0 Å². The van der Waals surface area contributed by atoms with Crippen molar-refractivity contribution >= 4 is 49.9 Å². The topological polar surface area (TPSA) is 74.3 Å². The molecule has 0 bridgehead atoms. The molecular formula is C19H21BrN4O2S. The Labute approximate surface area is 170 Å². The van der Waals surface area contributed by atoms with E-state index in [-0.39, 0.29) is 17.7 Å². The fraction of sp³-hybridized carbons (Fsp3) is 0.421. The number of hydrogen-bond acceptors (Lipinski definition) is 5. The van der Waals surface area contributed by atoms with Gasteiger partial charge in [-0.3, -0.25) is 14.5 Å². The maximum atomic E-state index is 12.3. The molecule has 4 rings (SSSR count). The zero-order valence-electron chi connectivity index (χ0n) is 14.8. The fourth-order valence-corrected chi connectivity index (χ4v) is 4.57. The van der Waals surface area contributed by atoms with Crippen molar-refractivity contribution in [2.24, 2.45) is 5.92 Å². The standard InChI is InChI=1S/C19H21BrN4O2S/c20-13-4-6-14(7-5-13)21-17(25)11-24-9-8-15-16(10-24)27-19(22-15)23-18(26)12-2-1-3-12/h4-7,12H,1-3,8-11H2,(H,21,25)(H,22,23,26). The first kappa shape index (κ1) is 18.6. The molecule has 1 saturated carbocycles. The second kappa shape index (κ2) is 8.08. The normalized spacial score (nSPS) is 17.1. The summed E-state index contributed by atoms with van der Waals surface area (Å²) in [6.07, 6.45) is 3.91. The number of carbonyl (C=O) groups is 2. The Morgan fingerprint density at radius 3 is 2.70 bits per heavy atom. The molecule has 2 aliphatic rings. The fourth-order valence-electron chi connectivity index (χ4n) is 3.25. The summed E-state index contributed by atoms with van der Waals surface area (Å²) in [6, 6.07) is 7.55. The number of amides is 2. The lowest BCUT2D eigenvalue weighted by molar-refractivity contribution is -0.122. The van der Waals surface area contributed by atoms with Crippen LogP contribution in [0.4, 0.5) is 10.8 Å².